The second kappa shape index (κ2) is 4.85. The Bertz CT molecular complexity index is 390. The number of carbonyl (C=O) groups is 1. The molecule has 2 rings (SSSR count). The molecule has 0 aromatic heterocycles. The van der Waals surface area contributed by atoms with Crippen LogP contribution >= 0.6 is 11.6 Å². The lowest BCUT2D eigenvalue weighted by Gasteiger charge is -2.16. The SMILES string of the molecule is NC(=O)C(NCC1CC1)c1ccccc1Cl. The van der Waals surface area contributed by atoms with E-state index in [9.17, 15) is 4.79 Å². The Kier molecular flexibility index (Phi) is 3.46. The zero-order valence-corrected chi connectivity index (χ0v) is 9.70. The van der Waals surface area contributed by atoms with Crippen LogP contribution in [0.2, 0.25) is 5.02 Å². The maximum atomic E-state index is 11.4. The van der Waals surface area contributed by atoms with E-state index in [1.807, 2.05) is 18.2 Å². The van der Waals surface area contributed by atoms with Gasteiger partial charge in [-0.1, -0.05) is 29.8 Å². The summed E-state index contributed by atoms with van der Waals surface area (Å²) in [6, 6.07) is 6.82. The highest BCUT2D eigenvalue weighted by Gasteiger charge is 2.25. The minimum Gasteiger partial charge on any atom is -0.368 e. The summed E-state index contributed by atoms with van der Waals surface area (Å²) < 4.78 is 0. The van der Waals surface area contributed by atoms with Crippen LogP contribution in [0, 0.1) is 5.92 Å². The molecule has 1 unspecified atom stereocenters. The van der Waals surface area contributed by atoms with Crippen LogP contribution in [0.25, 0.3) is 0 Å². The number of amides is 1. The molecule has 0 spiro atoms. The Morgan fingerprint density at radius 3 is 2.75 bits per heavy atom. The van der Waals surface area contributed by atoms with Crippen molar-refractivity contribution in [2.24, 2.45) is 11.7 Å². The second-order valence-corrected chi connectivity index (χ2v) is 4.62. The van der Waals surface area contributed by atoms with Gasteiger partial charge in [-0.05, 0) is 36.9 Å². The zero-order chi connectivity index (χ0) is 11.5. The molecule has 0 radical (unpaired) electrons. The van der Waals surface area contributed by atoms with Crippen molar-refractivity contribution in [2.75, 3.05) is 6.54 Å². The van der Waals surface area contributed by atoms with Gasteiger partial charge in [0.05, 0.1) is 0 Å². The lowest BCUT2D eigenvalue weighted by atomic mass is 10.1. The van der Waals surface area contributed by atoms with Crippen molar-refractivity contribution in [3.05, 3.63) is 34.9 Å². The molecule has 1 aliphatic carbocycles. The quantitative estimate of drug-likeness (QED) is 0.823. The molecule has 16 heavy (non-hydrogen) atoms. The summed E-state index contributed by atoms with van der Waals surface area (Å²) in [5.41, 5.74) is 6.15. The minimum absolute atomic E-state index is 0.381. The van der Waals surface area contributed by atoms with Crippen molar-refractivity contribution in [1.82, 2.24) is 5.32 Å². The molecule has 1 aromatic carbocycles. The number of nitrogens with one attached hydrogen (secondary N) is 1. The Hall–Kier alpha value is -1.06. The van der Waals surface area contributed by atoms with Gasteiger partial charge in [-0.15, -0.1) is 0 Å². The monoisotopic (exact) mass is 238 g/mol. The van der Waals surface area contributed by atoms with Crippen molar-refractivity contribution < 1.29 is 4.79 Å². The first kappa shape index (κ1) is 11.4. The average Bonchev–Trinajstić information content (AvgIpc) is 3.04. The average molecular weight is 239 g/mol. The first-order valence-corrected chi connectivity index (χ1v) is 5.83. The summed E-state index contributed by atoms with van der Waals surface area (Å²) >= 11 is 6.05. The van der Waals surface area contributed by atoms with Crippen molar-refractivity contribution in [3.8, 4) is 0 Å². The van der Waals surface area contributed by atoms with Crippen LogP contribution in [-0.4, -0.2) is 12.5 Å². The fraction of sp³-hybridized carbons (Fsp3) is 0.417. The van der Waals surface area contributed by atoms with E-state index in [2.05, 4.69) is 5.32 Å². The number of hydrogen-bond donors (Lipinski definition) is 2. The fourth-order valence-electron chi connectivity index (χ4n) is 1.68. The molecule has 0 aliphatic heterocycles. The van der Waals surface area contributed by atoms with Crippen LogP contribution < -0.4 is 11.1 Å². The minimum atomic E-state index is -0.478. The fourth-order valence-corrected chi connectivity index (χ4v) is 1.92. The molecule has 0 heterocycles. The molecule has 1 amide bonds. The highest BCUT2D eigenvalue weighted by atomic mass is 35.5. The van der Waals surface area contributed by atoms with Crippen LogP contribution in [-0.2, 0) is 4.79 Å². The molecule has 4 heteroatoms. The molecule has 0 saturated heterocycles. The van der Waals surface area contributed by atoms with E-state index < -0.39 is 6.04 Å². The lowest BCUT2D eigenvalue weighted by molar-refractivity contribution is -0.120. The summed E-state index contributed by atoms with van der Waals surface area (Å²) in [4.78, 5) is 11.4. The van der Waals surface area contributed by atoms with Crippen LogP contribution in [0.15, 0.2) is 24.3 Å². The van der Waals surface area contributed by atoms with E-state index >= 15 is 0 Å². The van der Waals surface area contributed by atoms with Gasteiger partial charge in [-0.25, -0.2) is 0 Å². The Balaban J connectivity index is 2.11. The maximum Gasteiger partial charge on any atom is 0.239 e. The predicted octanol–water partition coefficient (Wildman–Crippen LogP) is 1.87. The van der Waals surface area contributed by atoms with E-state index in [1.54, 1.807) is 6.07 Å². The molecule has 3 N–H and O–H groups in total. The standard InChI is InChI=1S/C12H15ClN2O/c13-10-4-2-1-3-9(10)11(12(14)16)15-7-8-5-6-8/h1-4,8,11,15H,5-7H2,(H2,14,16). The number of halogens is 1. The van der Waals surface area contributed by atoms with Crippen LogP contribution in [0.3, 0.4) is 0 Å². The number of carbonyl (C=O) groups excluding carboxylic acids is 1. The molecule has 1 saturated carbocycles. The molecule has 1 atom stereocenters. The highest BCUT2D eigenvalue weighted by molar-refractivity contribution is 6.31. The normalized spacial score (nSPS) is 17.1. The largest absolute Gasteiger partial charge is 0.368 e. The molecule has 3 nitrogen and oxygen atoms in total. The molecule has 86 valence electrons. The number of primary amides is 1. The molecule has 0 bridgehead atoms. The van der Waals surface area contributed by atoms with Crippen LogP contribution in [0.5, 0.6) is 0 Å². The van der Waals surface area contributed by atoms with Gasteiger partial charge >= 0.3 is 0 Å². The van der Waals surface area contributed by atoms with E-state index in [0.29, 0.717) is 10.9 Å². The lowest BCUT2D eigenvalue weighted by Crippen LogP contribution is -2.34. The van der Waals surface area contributed by atoms with Gasteiger partial charge in [0, 0.05) is 5.02 Å². The predicted molar refractivity (Wildman–Crippen MR) is 64.1 cm³/mol. The first-order valence-electron chi connectivity index (χ1n) is 5.45. The zero-order valence-electron chi connectivity index (χ0n) is 8.95. The first-order chi connectivity index (χ1) is 7.68. The summed E-state index contributed by atoms with van der Waals surface area (Å²) in [6.07, 6.45) is 2.47. The third-order valence-electron chi connectivity index (χ3n) is 2.81. The Morgan fingerprint density at radius 2 is 2.19 bits per heavy atom. The van der Waals surface area contributed by atoms with Crippen molar-refractivity contribution in [3.63, 3.8) is 0 Å². The third-order valence-corrected chi connectivity index (χ3v) is 3.15. The van der Waals surface area contributed by atoms with E-state index in [0.717, 1.165) is 12.1 Å². The van der Waals surface area contributed by atoms with Crippen molar-refractivity contribution in [2.45, 2.75) is 18.9 Å². The summed E-state index contributed by atoms with van der Waals surface area (Å²) in [6.45, 7) is 0.832. The molecule has 1 aliphatic rings. The summed E-state index contributed by atoms with van der Waals surface area (Å²) in [5, 5.41) is 3.76. The van der Waals surface area contributed by atoms with E-state index in [1.165, 1.54) is 12.8 Å². The van der Waals surface area contributed by atoms with Gasteiger partial charge in [-0.2, -0.15) is 0 Å². The Morgan fingerprint density at radius 1 is 1.50 bits per heavy atom. The number of hydrogen-bond acceptors (Lipinski definition) is 2. The molecular formula is C12H15ClN2O. The smallest absolute Gasteiger partial charge is 0.239 e. The van der Waals surface area contributed by atoms with Gasteiger partial charge in [0.2, 0.25) is 5.91 Å². The molecule has 1 fully saturated rings. The highest BCUT2D eigenvalue weighted by Crippen LogP contribution is 2.29. The molecular weight excluding hydrogens is 224 g/mol. The Labute approximate surface area is 100.0 Å². The van der Waals surface area contributed by atoms with Gasteiger partial charge in [-0.3, -0.25) is 4.79 Å². The van der Waals surface area contributed by atoms with Crippen LogP contribution in [0.1, 0.15) is 24.4 Å². The summed E-state index contributed by atoms with van der Waals surface area (Å²) in [5.74, 6) is 0.318. The topological polar surface area (TPSA) is 55.1 Å². The van der Waals surface area contributed by atoms with Crippen molar-refractivity contribution in [1.29, 1.82) is 0 Å². The van der Waals surface area contributed by atoms with E-state index in [4.69, 9.17) is 17.3 Å². The summed E-state index contributed by atoms with van der Waals surface area (Å²) in [7, 11) is 0. The molecule has 1 aromatic rings. The second-order valence-electron chi connectivity index (χ2n) is 4.21. The van der Waals surface area contributed by atoms with Gasteiger partial charge < -0.3 is 11.1 Å². The maximum absolute atomic E-state index is 11.4. The number of nitrogens with two attached hydrogens (primary N) is 1. The van der Waals surface area contributed by atoms with Gasteiger partial charge in [0.25, 0.3) is 0 Å². The van der Waals surface area contributed by atoms with Crippen LogP contribution in [0.4, 0.5) is 0 Å². The van der Waals surface area contributed by atoms with Gasteiger partial charge in [0.1, 0.15) is 6.04 Å². The third kappa shape index (κ3) is 2.74. The van der Waals surface area contributed by atoms with Gasteiger partial charge in [0.15, 0.2) is 0 Å². The number of benzene rings is 1. The van der Waals surface area contributed by atoms with E-state index in [-0.39, 0.29) is 5.91 Å². The van der Waals surface area contributed by atoms with Crippen molar-refractivity contribution >= 4 is 17.5 Å². The number of rotatable bonds is 5.